The SMILES string of the molecule is CCCN1CCN(c2ccc(-n3ccc(OCc4ccc(Cl)cn4)cc3=O)cn2)CC1. The fourth-order valence-corrected chi connectivity index (χ4v) is 3.75. The molecule has 4 rings (SSSR count). The average molecular weight is 440 g/mol. The van der Waals surface area contributed by atoms with Crippen LogP contribution >= 0.6 is 11.6 Å². The molecule has 162 valence electrons. The van der Waals surface area contributed by atoms with Gasteiger partial charge in [0.1, 0.15) is 18.2 Å². The summed E-state index contributed by atoms with van der Waals surface area (Å²) in [5.74, 6) is 1.44. The first-order chi connectivity index (χ1) is 15.1. The highest BCUT2D eigenvalue weighted by Crippen LogP contribution is 2.17. The van der Waals surface area contributed by atoms with E-state index in [1.165, 1.54) is 12.5 Å². The van der Waals surface area contributed by atoms with Gasteiger partial charge in [0.05, 0.1) is 22.6 Å². The highest BCUT2D eigenvalue weighted by Gasteiger charge is 2.17. The highest BCUT2D eigenvalue weighted by atomic mass is 35.5. The smallest absolute Gasteiger partial charge is 0.258 e. The van der Waals surface area contributed by atoms with Gasteiger partial charge in [0.2, 0.25) is 0 Å². The molecular formula is C23H26ClN5O2. The Morgan fingerprint density at radius 1 is 1.03 bits per heavy atom. The molecule has 7 nitrogen and oxygen atoms in total. The molecule has 0 N–H and O–H groups in total. The minimum absolute atomic E-state index is 0.177. The zero-order valence-corrected chi connectivity index (χ0v) is 18.3. The highest BCUT2D eigenvalue weighted by molar-refractivity contribution is 6.30. The molecule has 3 aromatic heterocycles. The third kappa shape index (κ3) is 5.42. The summed E-state index contributed by atoms with van der Waals surface area (Å²) in [6.07, 6.45) is 6.20. The molecule has 0 bridgehead atoms. The van der Waals surface area contributed by atoms with Gasteiger partial charge in [-0.05, 0) is 43.3 Å². The molecule has 0 saturated carbocycles. The molecule has 0 aliphatic carbocycles. The van der Waals surface area contributed by atoms with Crippen molar-refractivity contribution in [3.05, 3.63) is 76.1 Å². The van der Waals surface area contributed by atoms with Crippen LogP contribution in [0.15, 0.2) is 59.8 Å². The quantitative estimate of drug-likeness (QED) is 0.562. The van der Waals surface area contributed by atoms with Crippen molar-refractivity contribution in [1.29, 1.82) is 0 Å². The lowest BCUT2D eigenvalue weighted by atomic mass is 10.3. The minimum Gasteiger partial charge on any atom is -0.487 e. The van der Waals surface area contributed by atoms with E-state index < -0.39 is 0 Å². The zero-order valence-electron chi connectivity index (χ0n) is 17.6. The molecule has 0 atom stereocenters. The van der Waals surface area contributed by atoms with Gasteiger partial charge in [-0.1, -0.05) is 18.5 Å². The van der Waals surface area contributed by atoms with Gasteiger partial charge < -0.3 is 9.64 Å². The molecule has 1 saturated heterocycles. The zero-order chi connectivity index (χ0) is 21.6. The normalized spacial score (nSPS) is 14.6. The van der Waals surface area contributed by atoms with Crippen LogP contribution in [-0.4, -0.2) is 52.2 Å². The van der Waals surface area contributed by atoms with E-state index in [1.807, 2.05) is 12.1 Å². The third-order valence-corrected chi connectivity index (χ3v) is 5.54. The number of aromatic nitrogens is 3. The molecule has 31 heavy (non-hydrogen) atoms. The van der Waals surface area contributed by atoms with E-state index in [2.05, 4.69) is 26.7 Å². The molecule has 0 spiro atoms. The first kappa shape index (κ1) is 21.3. The molecule has 0 radical (unpaired) electrons. The van der Waals surface area contributed by atoms with E-state index in [0.29, 0.717) is 10.8 Å². The summed E-state index contributed by atoms with van der Waals surface area (Å²) >= 11 is 5.84. The van der Waals surface area contributed by atoms with E-state index in [4.69, 9.17) is 16.3 Å². The molecular weight excluding hydrogens is 414 g/mol. The van der Waals surface area contributed by atoms with Gasteiger partial charge in [0, 0.05) is 44.6 Å². The van der Waals surface area contributed by atoms with Crippen molar-refractivity contribution in [1.82, 2.24) is 19.4 Å². The number of ether oxygens (including phenoxy) is 1. The van der Waals surface area contributed by atoms with Crippen molar-refractivity contribution in [2.75, 3.05) is 37.6 Å². The van der Waals surface area contributed by atoms with Gasteiger partial charge >= 0.3 is 0 Å². The molecule has 1 fully saturated rings. The summed E-state index contributed by atoms with van der Waals surface area (Å²) in [6, 6.07) is 10.7. The van der Waals surface area contributed by atoms with E-state index in [1.54, 1.807) is 41.4 Å². The number of pyridine rings is 3. The Labute approximate surface area is 186 Å². The number of nitrogens with zero attached hydrogens (tertiary/aromatic N) is 5. The fraction of sp³-hybridized carbons (Fsp3) is 0.348. The van der Waals surface area contributed by atoms with Crippen LogP contribution in [0.2, 0.25) is 5.02 Å². The summed E-state index contributed by atoms with van der Waals surface area (Å²) < 4.78 is 7.24. The van der Waals surface area contributed by atoms with Crippen molar-refractivity contribution in [3.63, 3.8) is 0 Å². The molecule has 0 amide bonds. The lowest BCUT2D eigenvalue weighted by Gasteiger charge is -2.35. The van der Waals surface area contributed by atoms with Crippen LogP contribution in [0.5, 0.6) is 5.75 Å². The summed E-state index contributed by atoms with van der Waals surface area (Å²) in [4.78, 5) is 26.1. The van der Waals surface area contributed by atoms with Crippen LogP contribution in [-0.2, 0) is 6.61 Å². The molecule has 8 heteroatoms. The maximum absolute atomic E-state index is 12.6. The van der Waals surface area contributed by atoms with Gasteiger partial charge in [-0.25, -0.2) is 4.98 Å². The van der Waals surface area contributed by atoms with Gasteiger partial charge in [0.15, 0.2) is 0 Å². The molecule has 3 aromatic rings. The molecule has 0 unspecified atom stereocenters. The van der Waals surface area contributed by atoms with Gasteiger partial charge in [-0.3, -0.25) is 19.2 Å². The van der Waals surface area contributed by atoms with E-state index >= 15 is 0 Å². The second-order valence-corrected chi connectivity index (χ2v) is 7.97. The maximum Gasteiger partial charge on any atom is 0.258 e. The maximum atomic E-state index is 12.6. The lowest BCUT2D eigenvalue weighted by molar-refractivity contribution is 0.258. The second-order valence-electron chi connectivity index (χ2n) is 7.53. The topological polar surface area (TPSA) is 63.5 Å². The number of rotatable bonds is 7. The first-order valence-electron chi connectivity index (χ1n) is 10.5. The Kier molecular flexibility index (Phi) is 6.84. The number of anilines is 1. The average Bonchev–Trinajstić information content (AvgIpc) is 2.80. The predicted octanol–water partition coefficient (Wildman–Crippen LogP) is 3.39. The Balaban J connectivity index is 1.39. The minimum atomic E-state index is -0.177. The number of piperazine rings is 1. The first-order valence-corrected chi connectivity index (χ1v) is 10.9. The number of halogens is 1. The van der Waals surface area contributed by atoms with Gasteiger partial charge in [0.25, 0.3) is 5.56 Å². The Bertz CT molecular complexity index is 1040. The van der Waals surface area contributed by atoms with Crippen molar-refractivity contribution in [3.8, 4) is 11.4 Å². The van der Waals surface area contributed by atoms with Gasteiger partial charge in [-0.15, -0.1) is 0 Å². The van der Waals surface area contributed by atoms with Crippen LogP contribution in [0.25, 0.3) is 5.69 Å². The van der Waals surface area contributed by atoms with Gasteiger partial charge in [-0.2, -0.15) is 0 Å². The van der Waals surface area contributed by atoms with Crippen molar-refractivity contribution < 1.29 is 4.74 Å². The molecule has 4 heterocycles. The predicted molar refractivity (Wildman–Crippen MR) is 122 cm³/mol. The Morgan fingerprint density at radius 3 is 2.52 bits per heavy atom. The van der Waals surface area contributed by atoms with Crippen LogP contribution in [0.1, 0.15) is 19.0 Å². The summed E-state index contributed by atoms with van der Waals surface area (Å²) in [5.41, 5.74) is 1.29. The van der Waals surface area contributed by atoms with E-state index in [9.17, 15) is 4.79 Å². The number of hydrogen-bond acceptors (Lipinski definition) is 6. The van der Waals surface area contributed by atoms with Crippen molar-refractivity contribution >= 4 is 17.4 Å². The summed E-state index contributed by atoms with van der Waals surface area (Å²) in [5, 5.41) is 0.574. The van der Waals surface area contributed by atoms with Crippen LogP contribution in [0.3, 0.4) is 0 Å². The number of hydrogen-bond donors (Lipinski definition) is 0. The summed E-state index contributed by atoms with van der Waals surface area (Å²) in [7, 11) is 0. The second kappa shape index (κ2) is 9.94. The monoisotopic (exact) mass is 439 g/mol. The van der Waals surface area contributed by atoms with Crippen molar-refractivity contribution in [2.45, 2.75) is 20.0 Å². The molecule has 1 aliphatic rings. The third-order valence-electron chi connectivity index (χ3n) is 5.31. The Morgan fingerprint density at radius 2 is 1.87 bits per heavy atom. The Hall–Kier alpha value is -2.90. The van der Waals surface area contributed by atoms with E-state index in [0.717, 1.165) is 49.9 Å². The standard InChI is InChI=1S/C23H26ClN5O2/c1-2-8-27-10-12-28(13-11-27)22-6-5-20(16-26-22)29-9-7-21(14-23(29)30)31-17-19-4-3-18(24)15-25-19/h3-7,9,14-16H,2,8,10-13,17H2,1H3. The summed E-state index contributed by atoms with van der Waals surface area (Å²) in [6.45, 7) is 7.70. The van der Waals surface area contributed by atoms with Crippen LogP contribution in [0.4, 0.5) is 5.82 Å². The fourth-order valence-electron chi connectivity index (χ4n) is 3.64. The molecule has 0 aromatic carbocycles. The van der Waals surface area contributed by atoms with Crippen LogP contribution < -0.4 is 15.2 Å². The largest absolute Gasteiger partial charge is 0.487 e. The molecule has 1 aliphatic heterocycles. The van der Waals surface area contributed by atoms with E-state index in [-0.39, 0.29) is 12.2 Å². The lowest BCUT2D eigenvalue weighted by Crippen LogP contribution is -2.46. The van der Waals surface area contributed by atoms with Crippen LogP contribution in [0, 0.1) is 0 Å². The van der Waals surface area contributed by atoms with Crippen molar-refractivity contribution in [2.24, 2.45) is 0 Å².